The van der Waals surface area contributed by atoms with Gasteiger partial charge in [0, 0.05) is 33.7 Å². The summed E-state index contributed by atoms with van der Waals surface area (Å²) in [4.78, 5) is 28.2. The van der Waals surface area contributed by atoms with Crippen molar-refractivity contribution in [2.24, 2.45) is 5.92 Å². The minimum atomic E-state index is -0.761. The zero-order valence-corrected chi connectivity index (χ0v) is 21.2. The number of aromatic nitrogens is 3. The van der Waals surface area contributed by atoms with E-state index in [1.54, 1.807) is 12.1 Å². The Balaban J connectivity index is 1.38. The summed E-state index contributed by atoms with van der Waals surface area (Å²) in [7, 11) is 1.50. The van der Waals surface area contributed by atoms with Crippen LogP contribution in [0.4, 0.5) is 0 Å². The number of ketones is 1. The van der Waals surface area contributed by atoms with Crippen molar-refractivity contribution >= 4 is 39.3 Å². The van der Waals surface area contributed by atoms with Crippen LogP contribution in [0.3, 0.4) is 0 Å². The van der Waals surface area contributed by atoms with Gasteiger partial charge in [-0.25, -0.2) is 4.98 Å². The lowest BCUT2D eigenvalue weighted by Crippen LogP contribution is -2.28. The van der Waals surface area contributed by atoms with E-state index >= 15 is 0 Å². The SMILES string of the molecule is COc1cc(OC2CCC(C(=O)O)CC2)ncc1CC(=O)c1nnc(Cc2ccc(Br)cc2Cl)o1. The van der Waals surface area contributed by atoms with E-state index in [4.69, 9.17) is 30.6 Å². The standard InChI is InChI=1S/C24H23BrClN3O6/c1-33-20-11-21(34-17-6-3-13(4-7-17)24(31)32)27-12-15(20)8-19(30)23-29-28-22(35-23)9-14-2-5-16(25)10-18(14)26/h2,5,10-13,17H,3-4,6-9H2,1H3,(H,31,32). The number of Topliss-reactive ketones (excluding diaryl/α,β-unsaturated/α-hetero) is 1. The number of pyridine rings is 1. The maximum Gasteiger partial charge on any atom is 0.306 e. The Morgan fingerprint density at radius 1 is 1.17 bits per heavy atom. The molecule has 1 saturated carbocycles. The van der Waals surface area contributed by atoms with Crippen LogP contribution < -0.4 is 9.47 Å². The molecule has 0 bridgehead atoms. The van der Waals surface area contributed by atoms with Gasteiger partial charge < -0.3 is 19.0 Å². The molecule has 0 saturated heterocycles. The van der Waals surface area contributed by atoms with E-state index < -0.39 is 5.97 Å². The summed E-state index contributed by atoms with van der Waals surface area (Å²) in [5.74, 6) is -0.459. The maximum absolute atomic E-state index is 12.8. The lowest BCUT2D eigenvalue weighted by atomic mass is 9.87. The Morgan fingerprint density at radius 3 is 2.63 bits per heavy atom. The van der Waals surface area contributed by atoms with Crippen LogP contribution >= 0.6 is 27.5 Å². The van der Waals surface area contributed by atoms with Crippen molar-refractivity contribution in [2.75, 3.05) is 7.11 Å². The summed E-state index contributed by atoms with van der Waals surface area (Å²) in [5.41, 5.74) is 1.35. The Bertz CT molecular complexity index is 1230. The van der Waals surface area contributed by atoms with Crippen LogP contribution in [0.2, 0.25) is 5.02 Å². The Morgan fingerprint density at radius 2 is 1.94 bits per heavy atom. The molecule has 0 spiro atoms. The lowest BCUT2D eigenvalue weighted by Gasteiger charge is -2.26. The van der Waals surface area contributed by atoms with Gasteiger partial charge in [-0.3, -0.25) is 9.59 Å². The van der Waals surface area contributed by atoms with Crippen LogP contribution in [0.15, 0.2) is 39.4 Å². The van der Waals surface area contributed by atoms with E-state index in [9.17, 15) is 9.59 Å². The van der Waals surface area contributed by atoms with E-state index in [0.717, 1.165) is 10.0 Å². The van der Waals surface area contributed by atoms with Crippen LogP contribution in [0.5, 0.6) is 11.6 Å². The first-order chi connectivity index (χ1) is 16.8. The molecule has 0 atom stereocenters. The van der Waals surface area contributed by atoms with Crippen LogP contribution in [0, 0.1) is 5.92 Å². The zero-order chi connectivity index (χ0) is 24.9. The number of methoxy groups -OCH3 is 1. The van der Waals surface area contributed by atoms with E-state index in [1.165, 1.54) is 13.3 Å². The topological polar surface area (TPSA) is 125 Å². The van der Waals surface area contributed by atoms with Gasteiger partial charge in [-0.2, -0.15) is 0 Å². The van der Waals surface area contributed by atoms with Gasteiger partial charge in [0.15, 0.2) is 0 Å². The van der Waals surface area contributed by atoms with Gasteiger partial charge in [0.2, 0.25) is 17.6 Å². The molecular weight excluding hydrogens is 542 g/mol. The van der Waals surface area contributed by atoms with Gasteiger partial charge in [-0.05, 0) is 43.4 Å². The highest BCUT2D eigenvalue weighted by atomic mass is 79.9. The van der Waals surface area contributed by atoms with Crippen molar-refractivity contribution in [1.29, 1.82) is 0 Å². The fourth-order valence-electron chi connectivity index (χ4n) is 3.95. The molecule has 1 N–H and O–H groups in total. The molecule has 1 fully saturated rings. The second-order valence-corrected chi connectivity index (χ2v) is 9.60. The van der Waals surface area contributed by atoms with Crippen molar-refractivity contribution in [1.82, 2.24) is 15.2 Å². The predicted octanol–water partition coefficient (Wildman–Crippen LogP) is 4.93. The molecule has 0 aliphatic heterocycles. The molecule has 11 heteroatoms. The molecule has 1 aromatic carbocycles. The number of benzene rings is 1. The van der Waals surface area contributed by atoms with Gasteiger partial charge in [-0.1, -0.05) is 33.6 Å². The lowest BCUT2D eigenvalue weighted by molar-refractivity contribution is -0.143. The highest BCUT2D eigenvalue weighted by Crippen LogP contribution is 2.30. The second kappa shape index (κ2) is 11.2. The predicted molar refractivity (Wildman–Crippen MR) is 129 cm³/mol. The molecule has 184 valence electrons. The molecule has 2 heterocycles. The summed E-state index contributed by atoms with van der Waals surface area (Å²) in [6, 6.07) is 7.10. The largest absolute Gasteiger partial charge is 0.496 e. The summed E-state index contributed by atoms with van der Waals surface area (Å²) < 4.78 is 17.8. The highest BCUT2D eigenvalue weighted by Gasteiger charge is 2.27. The van der Waals surface area contributed by atoms with Crippen molar-refractivity contribution in [3.05, 3.63) is 62.9 Å². The average molecular weight is 565 g/mol. The third kappa shape index (κ3) is 6.37. The molecule has 3 aromatic rings. The van der Waals surface area contributed by atoms with E-state index in [2.05, 4.69) is 31.1 Å². The number of halogens is 2. The van der Waals surface area contributed by atoms with Crippen LogP contribution in [0.1, 0.15) is 53.4 Å². The van der Waals surface area contributed by atoms with Gasteiger partial charge in [0.05, 0.1) is 19.4 Å². The molecule has 0 radical (unpaired) electrons. The van der Waals surface area contributed by atoms with Crippen LogP contribution in [-0.2, 0) is 17.6 Å². The molecule has 1 aliphatic rings. The number of carbonyl (C=O) groups is 2. The monoisotopic (exact) mass is 563 g/mol. The average Bonchev–Trinajstić information content (AvgIpc) is 3.31. The number of aliphatic carboxylic acids is 1. The number of hydrogen-bond donors (Lipinski definition) is 1. The van der Waals surface area contributed by atoms with Crippen molar-refractivity contribution in [3.8, 4) is 11.6 Å². The number of ether oxygens (including phenoxy) is 2. The quantitative estimate of drug-likeness (QED) is 0.360. The Labute approximate surface area is 214 Å². The fraction of sp³-hybridized carbons (Fsp3) is 0.375. The van der Waals surface area contributed by atoms with Crippen LogP contribution in [0.25, 0.3) is 0 Å². The van der Waals surface area contributed by atoms with Crippen LogP contribution in [-0.4, -0.2) is 45.3 Å². The van der Waals surface area contributed by atoms with Crippen molar-refractivity contribution in [3.63, 3.8) is 0 Å². The molecule has 4 rings (SSSR count). The third-order valence-electron chi connectivity index (χ3n) is 5.86. The number of rotatable bonds is 9. The Hall–Kier alpha value is -2.98. The number of hydrogen-bond acceptors (Lipinski definition) is 8. The number of carbonyl (C=O) groups excluding carboxylic acids is 1. The summed E-state index contributed by atoms with van der Waals surface area (Å²) in [6.07, 6.45) is 4.12. The van der Waals surface area contributed by atoms with E-state index in [-0.39, 0.29) is 36.0 Å². The van der Waals surface area contributed by atoms with Gasteiger partial charge in [0.1, 0.15) is 11.9 Å². The Kier molecular flexibility index (Phi) is 8.02. The summed E-state index contributed by atoms with van der Waals surface area (Å²) >= 11 is 9.60. The molecular formula is C24H23BrClN3O6. The fourth-order valence-corrected chi connectivity index (χ4v) is 4.69. The minimum absolute atomic E-state index is 0.0408. The van der Waals surface area contributed by atoms with E-state index in [1.807, 2.05) is 12.1 Å². The number of carboxylic acid groups (broad SMARTS) is 1. The normalized spacial score (nSPS) is 17.7. The molecule has 0 amide bonds. The molecule has 0 unspecified atom stereocenters. The molecule has 2 aromatic heterocycles. The van der Waals surface area contributed by atoms with Crippen molar-refractivity contribution in [2.45, 2.75) is 44.6 Å². The number of nitrogens with zero attached hydrogens (tertiary/aromatic N) is 3. The van der Waals surface area contributed by atoms with Gasteiger partial charge in [0.25, 0.3) is 5.89 Å². The van der Waals surface area contributed by atoms with Gasteiger partial charge in [-0.15, -0.1) is 10.2 Å². The first-order valence-corrected chi connectivity index (χ1v) is 12.2. The minimum Gasteiger partial charge on any atom is -0.496 e. The first-order valence-electron chi connectivity index (χ1n) is 11.0. The van der Waals surface area contributed by atoms with Gasteiger partial charge >= 0.3 is 5.97 Å². The summed E-state index contributed by atoms with van der Waals surface area (Å²) in [6.45, 7) is 0. The van der Waals surface area contributed by atoms with E-state index in [0.29, 0.717) is 54.3 Å². The highest BCUT2D eigenvalue weighted by molar-refractivity contribution is 9.10. The first kappa shape index (κ1) is 25.1. The molecule has 1 aliphatic carbocycles. The molecule has 9 nitrogen and oxygen atoms in total. The number of carboxylic acids is 1. The maximum atomic E-state index is 12.8. The zero-order valence-electron chi connectivity index (χ0n) is 18.9. The smallest absolute Gasteiger partial charge is 0.306 e. The van der Waals surface area contributed by atoms with Crippen molar-refractivity contribution < 1.29 is 28.6 Å². The summed E-state index contributed by atoms with van der Waals surface area (Å²) in [5, 5.41) is 17.5. The second-order valence-electron chi connectivity index (χ2n) is 8.28. The molecule has 35 heavy (non-hydrogen) atoms. The third-order valence-corrected chi connectivity index (χ3v) is 6.71.